The Labute approximate surface area is 163 Å². The van der Waals surface area contributed by atoms with Crippen LogP contribution in [0.4, 0.5) is 18.9 Å². The van der Waals surface area contributed by atoms with Crippen molar-refractivity contribution in [3.05, 3.63) is 66.1 Å². The van der Waals surface area contributed by atoms with Gasteiger partial charge in [0.1, 0.15) is 12.2 Å². The Bertz CT molecular complexity index is 1180. The average Bonchev–Trinajstić information content (AvgIpc) is 3.25. The second-order valence-electron chi connectivity index (χ2n) is 6.42. The molecule has 4 aromatic rings. The van der Waals surface area contributed by atoms with Crippen LogP contribution in [-0.4, -0.2) is 20.7 Å². The van der Waals surface area contributed by atoms with Crippen LogP contribution in [0.5, 0.6) is 0 Å². The number of benzene rings is 2. The molecule has 1 N–H and O–H groups in total. The zero-order valence-electron chi connectivity index (χ0n) is 15.2. The molecular formula is C20H15F3N4O2. The first-order valence-electron chi connectivity index (χ1n) is 8.67. The van der Waals surface area contributed by atoms with E-state index in [-0.39, 0.29) is 18.1 Å². The van der Waals surface area contributed by atoms with E-state index >= 15 is 0 Å². The van der Waals surface area contributed by atoms with Gasteiger partial charge in [0.15, 0.2) is 0 Å². The van der Waals surface area contributed by atoms with E-state index < -0.39 is 17.6 Å². The highest BCUT2D eigenvalue weighted by atomic mass is 19.4. The largest absolute Gasteiger partial charge is 0.420 e. The maximum atomic E-state index is 12.7. The van der Waals surface area contributed by atoms with Crippen molar-refractivity contribution in [3.8, 4) is 11.6 Å². The predicted molar refractivity (Wildman–Crippen MR) is 100 cm³/mol. The Balaban J connectivity index is 1.61. The van der Waals surface area contributed by atoms with Crippen LogP contribution in [0.1, 0.15) is 11.5 Å². The van der Waals surface area contributed by atoms with Crippen LogP contribution in [0.25, 0.3) is 22.5 Å². The third kappa shape index (κ3) is 3.84. The number of fused-ring (bicyclic) bond motifs is 1. The van der Waals surface area contributed by atoms with Crippen molar-refractivity contribution in [3.63, 3.8) is 0 Å². The van der Waals surface area contributed by atoms with Gasteiger partial charge in [-0.1, -0.05) is 18.2 Å². The Morgan fingerprint density at radius 2 is 1.83 bits per heavy atom. The highest BCUT2D eigenvalue weighted by molar-refractivity contribution is 5.93. The van der Waals surface area contributed by atoms with Crippen LogP contribution < -0.4 is 5.32 Å². The second-order valence-corrected chi connectivity index (χ2v) is 6.42. The molecule has 2 heterocycles. The summed E-state index contributed by atoms with van der Waals surface area (Å²) in [7, 11) is 0. The number of amides is 1. The maximum absolute atomic E-state index is 12.7. The Kier molecular flexibility index (Phi) is 4.57. The molecule has 0 aliphatic rings. The molecule has 0 aliphatic carbocycles. The fourth-order valence-electron chi connectivity index (χ4n) is 3.04. The van der Waals surface area contributed by atoms with E-state index in [4.69, 9.17) is 4.42 Å². The number of carbonyl (C=O) groups excluding carboxylic acids is 1. The molecule has 2 aromatic heterocycles. The monoisotopic (exact) mass is 400 g/mol. The standard InChI is InChI=1S/C20H15F3N4O2/c1-12-25-26-19(29-12)17-10-13-4-2-3-5-16(13)27(17)11-18(28)24-15-8-6-14(7-9-15)20(21,22)23/h2-10H,11H2,1H3,(H,24,28). The van der Waals surface area contributed by atoms with E-state index in [9.17, 15) is 18.0 Å². The number of hydrogen-bond acceptors (Lipinski definition) is 4. The summed E-state index contributed by atoms with van der Waals surface area (Å²) in [6, 6.07) is 13.6. The highest BCUT2D eigenvalue weighted by Crippen LogP contribution is 2.30. The van der Waals surface area contributed by atoms with Gasteiger partial charge >= 0.3 is 6.18 Å². The van der Waals surface area contributed by atoms with Crippen LogP contribution in [0, 0.1) is 6.92 Å². The highest BCUT2D eigenvalue weighted by Gasteiger charge is 2.30. The molecule has 29 heavy (non-hydrogen) atoms. The van der Waals surface area contributed by atoms with Gasteiger partial charge in [0.05, 0.1) is 5.56 Å². The van der Waals surface area contributed by atoms with Crippen molar-refractivity contribution >= 4 is 22.5 Å². The van der Waals surface area contributed by atoms with Crippen LogP contribution >= 0.6 is 0 Å². The van der Waals surface area contributed by atoms with Gasteiger partial charge in [0.25, 0.3) is 5.89 Å². The van der Waals surface area contributed by atoms with E-state index in [1.165, 1.54) is 12.1 Å². The van der Waals surface area contributed by atoms with Gasteiger partial charge in [-0.05, 0) is 36.4 Å². The second kappa shape index (κ2) is 7.08. The normalized spacial score (nSPS) is 11.7. The van der Waals surface area contributed by atoms with Gasteiger partial charge in [-0.15, -0.1) is 10.2 Å². The zero-order valence-corrected chi connectivity index (χ0v) is 15.2. The van der Waals surface area contributed by atoms with E-state index in [1.54, 1.807) is 11.5 Å². The quantitative estimate of drug-likeness (QED) is 0.541. The number of alkyl halides is 3. The Hall–Kier alpha value is -3.62. The summed E-state index contributed by atoms with van der Waals surface area (Å²) in [4.78, 5) is 12.6. The van der Waals surface area contributed by atoms with Gasteiger partial charge in [0, 0.05) is 23.5 Å². The first-order chi connectivity index (χ1) is 13.8. The Morgan fingerprint density at radius 1 is 1.10 bits per heavy atom. The number of rotatable bonds is 4. The molecule has 9 heteroatoms. The molecule has 1 amide bonds. The van der Waals surface area contributed by atoms with Crippen molar-refractivity contribution in [1.29, 1.82) is 0 Å². The van der Waals surface area contributed by atoms with Crippen molar-refractivity contribution in [2.45, 2.75) is 19.6 Å². The fourth-order valence-corrected chi connectivity index (χ4v) is 3.04. The van der Waals surface area contributed by atoms with Crippen molar-refractivity contribution in [1.82, 2.24) is 14.8 Å². The first-order valence-corrected chi connectivity index (χ1v) is 8.67. The number of para-hydroxylation sites is 1. The number of anilines is 1. The summed E-state index contributed by atoms with van der Waals surface area (Å²) < 4.78 is 45.3. The van der Waals surface area contributed by atoms with Crippen LogP contribution in [0.15, 0.2) is 59.0 Å². The lowest BCUT2D eigenvalue weighted by Crippen LogP contribution is -2.19. The van der Waals surface area contributed by atoms with Gasteiger partial charge < -0.3 is 14.3 Å². The van der Waals surface area contributed by atoms with Crippen LogP contribution in [0.3, 0.4) is 0 Å². The molecule has 0 radical (unpaired) electrons. The number of hydrogen-bond donors (Lipinski definition) is 1. The summed E-state index contributed by atoms with van der Waals surface area (Å²) in [5, 5.41) is 11.4. The number of nitrogens with zero attached hydrogens (tertiary/aromatic N) is 3. The number of nitrogens with one attached hydrogen (secondary N) is 1. The summed E-state index contributed by atoms with van der Waals surface area (Å²) in [5.74, 6) is 0.274. The minimum absolute atomic E-state index is 0.0781. The molecule has 148 valence electrons. The van der Waals surface area contributed by atoms with Crippen molar-refractivity contribution in [2.24, 2.45) is 0 Å². The molecule has 0 fully saturated rings. The van der Waals surface area contributed by atoms with Gasteiger partial charge in [0.2, 0.25) is 11.8 Å². The molecule has 0 atom stereocenters. The van der Waals surface area contributed by atoms with Gasteiger partial charge in [-0.25, -0.2) is 0 Å². The van der Waals surface area contributed by atoms with E-state index in [0.29, 0.717) is 11.6 Å². The molecule has 0 spiro atoms. The fraction of sp³-hybridized carbons (Fsp3) is 0.150. The topological polar surface area (TPSA) is 73.0 Å². The number of aryl methyl sites for hydroxylation is 1. The number of aromatic nitrogens is 3. The van der Waals surface area contributed by atoms with E-state index in [1.807, 2.05) is 30.3 Å². The summed E-state index contributed by atoms with van der Waals surface area (Å²) in [6.07, 6.45) is -4.43. The molecule has 0 aliphatic heterocycles. The Morgan fingerprint density at radius 3 is 2.48 bits per heavy atom. The van der Waals surface area contributed by atoms with Crippen molar-refractivity contribution in [2.75, 3.05) is 5.32 Å². The van der Waals surface area contributed by atoms with Gasteiger partial charge in [-0.2, -0.15) is 13.2 Å². The minimum Gasteiger partial charge on any atom is -0.420 e. The molecule has 0 saturated heterocycles. The number of carbonyl (C=O) groups is 1. The third-order valence-electron chi connectivity index (χ3n) is 4.35. The average molecular weight is 400 g/mol. The van der Waals surface area contributed by atoms with E-state index in [2.05, 4.69) is 15.5 Å². The molecule has 2 aromatic carbocycles. The lowest BCUT2D eigenvalue weighted by Gasteiger charge is -2.11. The molecule has 0 saturated carbocycles. The third-order valence-corrected chi connectivity index (χ3v) is 4.35. The maximum Gasteiger partial charge on any atom is 0.416 e. The van der Waals surface area contributed by atoms with Crippen molar-refractivity contribution < 1.29 is 22.4 Å². The molecular weight excluding hydrogens is 385 g/mol. The zero-order chi connectivity index (χ0) is 20.6. The summed E-state index contributed by atoms with van der Waals surface area (Å²) in [5.41, 5.74) is 0.867. The summed E-state index contributed by atoms with van der Waals surface area (Å²) in [6.45, 7) is 1.59. The molecule has 0 bridgehead atoms. The lowest BCUT2D eigenvalue weighted by atomic mass is 10.2. The van der Waals surface area contributed by atoms with Crippen LogP contribution in [-0.2, 0) is 17.5 Å². The predicted octanol–water partition coefficient (Wildman–Crippen LogP) is 4.66. The minimum atomic E-state index is -4.43. The first kappa shape index (κ1) is 18.7. The smallest absolute Gasteiger partial charge is 0.416 e. The van der Waals surface area contributed by atoms with E-state index in [0.717, 1.165) is 23.0 Å². The SMILES string of the molecule is Cc1nnc(-c2cc3ccccc3n2CC(=O)Nc2ccc(C(F)(F)F)cc2)o1. The lowest BCUT2D eigenvalue weighted by molar-refractivity contribution is -0.137. The molecule has 0 unspecified atom stereocenters. The number of halogens is 3. The van der Waals surface area contributed by atoms with Crippen LogP contribution in [0.2, 0.25) is 0 Å². The molecule has 6 nitrogen and oxygen atoms in total. The van der Waals surface area contributed by atoms with Gasteiger partial charge in [-0.3, -0.25) is 4.79 Å². The molecule has 4 rings (SSSR count). The summed E-state index contributed by atoms with van der Waals surface area (Å²) >= 11 is 0.